The third kappa shape index (κ3) is 7.56. The van der Waals surface area contributed by atoms with E-state index in [1.165, 1.54) is 11.1 Å². The molecule has 2 fully saturated rings. The number of anilines is 2. The summed E-state index contributed by atoms with van der Waals surface area (Å²) in [4.78, 5) is 28.9. The average Bonchev–Trinajstić information content (AvgIpc) is 3.50. The highest BCUT2D eigenvalue weighted by atomic mass is 16.5. The quantitative estimate of drug-likeness (QED) is 0.330. The van der Waals surface area contributed by atoms with Gasteiger partial charge < -0.3 is 20.3 Å². The van der Waals surface area contributed by atoms with Gasteiger partial charge in [0, 0.05) is 43.2 Å². The van der Waals surface area contributed by atoms with E-state index in [0.717, 1.165) is 57.5 Å². The topological polar surface area (TPSA) is 70.7 Å². The smallest absolute Gasteiger partial charge is 0.255 e. The van der Waals surface area contributed by atoms with E-state index in [1.54, 1.807) is 0 Å². The highest BCUT2D eigenvalue weighted by molar-refractivity contribution is 6.06. The van der Waals surface area contributed by atoms with E-state index in [0.29, 0.717) is 29.3 Å². The largest absolute Gasteiger partial charge is 0.376 e. The molecule has 2 saturated heterocycles. The van der Waals surface area contributed by atoms with E-state index in [2.05, 4.69) is 66.6 Å². The summed E-state index contributed by atoms with van der Waals surface area (Å²) in [5, 5.41) is 6.10. The fourth-order valence-electron chi connectivity index (χ4n) is 5.83. The van der Waals surface area contributed by atoms with Crippen LogP contribution in [0.2, 0.25) is 0 Å². The van der Waals surface area contributed by atoms with Crippen LogP contribution in [-0.2, 0) is 16.6 Å². The minimum atomic E-state index is -0.189. The molecule has 2 heterocycles. The van der Waals surface area contributed by atoms with E-state index in [4.69, 9.17) is 4.74 Å². The third-order valence-electron chi connectivity index (χ3n) is 8.35. The van der Waals surface area contributed by atoms with E-state index in [-0.39, 0.29) is 23.3 Å². The Kier molecular flexibility index (Phi) is 9.09. The number of nitrogens with one attached hydrogen (secondary N) is 2. The summed E-state index contributed by atoms with van der Waals surface area (Å²) >= 11 is 0. The van der Waals surface area contributed by atoms with E-state index >= 15 is 0 Å². The van der Waals surface area contributed by atoms with Gasteiger partial charge in [0.15, 0.2) is 0 Å². The average molecular weight is 554 g/mol. The number of carbonyl (C=O) groups is 2. The summed E-state index contributed by atoms with van der Waals surface area (Å²) in [7, 11) is 0. The molecule has 3 aromatic rings. The molecular weight excluding hydrogens is 510 g/mol. The number of benzene rings is 3. The van der Waals surface area contributed by atoms with Gasteiger partial charge in [0.1, 0.15) is 0 Å². The maximum absolute atomic E-state index is 13.5. The van der Waals surface area contributed by atoms with Crippen LogP contribution in [-0.4, -0.2) is 44.2 Å². The van der Waals surface area contributed by atoms with E-state index in [1.807, 2.05) is 42.5 Å². The number of hydrogen-bond acceptors (Lipinski definition) is 4. The minimum Gasteiger partial charge on any atom is -0.376 e. The molecule has 216 valence electrons. The minimum absolute atomic E-state index is 0.0205. The molecule has 41 heavy (non-hydrogen) atoms. The lowest BCUT2D eigenvalue weighted by Gasteiger charge is -2.35. The van der Waals surface area contributed by atoms with Crippen LogP contribution in [0.25, 0.3) is 0 Å². The maximum Gasteiger partial charge on any atom is 0.255 e. The van der Waals surface area contributed by atoms with Crippen LogP contribution in [0.3, 0.4) is 0 Å². The van der Waals surface area contributed by atoms with Gasteiger partial charge >= 0.3 is 0 Å². The van der Waals surface area contributed by atoms with Gasteiger partial charge in [-0.3, -0.25) is 9.59 Å². The predicted octanol–water partition coefficient (Wildman–Crippen LogP) is 6.60. The first kappa shape index (κ1) is 28.9. The van der Waals surface area contributed by atoms with Crippen molar-refractivity contribution in [2.75, 3.05) is 36.5 Å². The van der Waals surface area contributed by atoms with Crippen LogP contribution in [0.4, 0.5) is 11.4 Å². The Labute approximate surface area is 244 Å². The lowest BCUT2D eigenvalue weighted by Crippen LogP contribution is -2.37. The van der Waals surface area contributed by atoms with Gasteiger partial charge in [-0.2, -0.15) is 0 Å². The van der Waals surface area contributed by atoms with Crippen LogP contribution in [0, 0.1) is 5.92 Å². The first-order valence-corrected chi connectivity index (χ1v) is 15.0. The Hall–Kier alpha value is -3.64. The molecule has 0 spiro atoms. The van der Waals surface area contributed by atoms with Crippen molar-refractivity contribution in [3.8, 4) is 0 Å². The monoisotopic (exact) mass is 553 g/mol. The molecule has 0 aromatic heterocycles. The fourth-order valence-corrected chi connectivity index (χ4v) is 5.83. The highest BCUT2D eigenvalue weighted by Gasteiger charge is 2.25. The Morgan fingerprint density at radius 2 is 1.63 bits per heavy atom. The number of rotatable bonds is 8. The summed E-state index contributed by atoms with van der Waals surface area (Å²) in [6.45, 7) is 9.50. The zero-order valence-corrected chi connectivity index (χ0v) is 24.6. The first-order valence-electron chi connectivity index (χ1n) is 15.0. The molecular formula is C35H43N3O3. The third-order valence-corrected chi connectivity index (χ3v) is 8.35. The molecule has 1 atom stereocenters. The Balaban J connectivity index is 1.30. The summed E-state index contributed by atoms with van der Waals surface area (Å²) in [5.74, 6) is 0.312. The van der Waals surface area contributed by atoms with E-state index < -0.39 is 0 Å². The normalized spacial score (nSPS) is 17.8. The molecule has 1 unspecified atom stereocenters. The van der Waals surface area contributed by atoms with Crippen LogP contribution in [0.1, 0.15) is 78.3 Å². The Morgan fingerprint density at radius 1 is 0.902 bits per heavy atom. The highest BCUT2D eigenvalue weighted by Crippen LogP contribution is 2.31. The molecule has 2 aliphatic heterocycles. The molecule has 0 aliphatic carbocycles. The Bertz CT molecular complexity index is 1320. The first-order chi connectivity index (χ1) is 19.8. The van der Waals surface area contributed by atoms with Gasteiger partial charge in [-0.05, 0) is 84.9 Å². The fraction of sp³-hybridized carbons (Fsp3) is 0.429. The van der Waals surface area contributed by atoms with Crippen molar-refractivity contribution >= 4 is 23.2 Å². The number of piperidine rings is 1. The molecule has 0 bridgehead atoms. The second-order valence-corrected chi connectivity index (χ2v) is 12.5. The molecule has 6 nitrogen and oxygen atoms in total. The van der Waals surface area contributed by atoms with Crippen molar-refractivity contribution in [2.24, 2.45) is 5.92 Å². The number of ether oxygens (including phenoxy) is 1. The standard InChI is InChI=1S/C35H43N3O3/c1-35(2,3)28-13-11-27(12-14-28)33(39)37-29-15-16-32(31(23-29)34(40)36-24-30-10-7-21-41-30)38-19-17-26(18-20-38)22-25-8-5-4-6-9-25/h4-6,8-9,11-16,23,26,30H,7,10,17-22,24H2,1-3H3,(H,36,40)(H,37,39). The number of nitrogens with zero attached hydrogens (tertiary/aromatic N) is 1. The van der Waals surface area contributed by atoms with Crippen molar-refractivity contribution in [2.45, 2.75) is 64.4 Å². The van der Waals surface area contributed by atoms with Gasteiger partial charge in [0.05, 0.1) is 11.7 Å². The number of hydrogen-bond donors (Lipinski definition) is 2. The molecule has 3 aromatic carbocycles. The zero-order valence-electron chi connectivity index (χ0n) is 24.6. The molecule has 0 radical (unpaired) electrons. The molecule has 6 heteroatoms. The number of carbonyl (C=O) groups excluding carboxylic acids is 2. The van der Waals surface area contributed by atoms with Crippen LogP contribution >= 0.6 is 0 Å². The lowest BCUT2D eigenvalue weighted by atomic mass is 9.87. The van der Waals surface area contributed by atoms with Gasteiger partial charge in [-0.1, -0.05) is 63.2 Å². The predicted molar refractivity (Wildman–Crippen MR) is 166 cm³/mol. The molecule has 2 N–H and O–H groups in total. The summed E-state index contributed by atoms with van der Waals surface area (Å²) in [6, 6.07) is 24.1. The number of amides is 2. The second-order valence-electron chi connectivity index (χ2n) is 12.5. The van der Waals surface area contributed by atoms with Gasteiger partial charge in [0.25, 0.3) is 11.8 Å². The second kappa shape index (κ2) is 12.9. The molecule has 2 amide bonds. The summed E-state index contributed by atoms with van der Waals surface area (Å²) < 4.78 is 5.72. The lowest BCUT2D eigenvalue weighted by molar-refractivity contribution is 0.0858. The summed E-state index contributed by atoms with van der Waals surface area (Å²) in [6.07, 6.45) is 5.30. The van der Waals surface area contributed by atoms with Crippen LogP contribution in [0.5, 0.6) is 0 Å². The SMILES string of the molecule is CC(C)(C)c1ccc(C(=O)Nc2ccc(N3CCC(Cc4ccccc4)CC3)c(C(=O)NCC3CCCO3)c2)cc1. The Morgan fingerprint density at radius 3 is 2.29 bits per heavy atom. The van der Waals surface area contributed by atoms with Crippen molar-refractivity contribution < 1.29 is 14.3 Å². The molecule has 2 aliphatic rings. The van der Waals surface area contributed by atoms with Gasteiger partial charge in [0.2, 0.25) is 0 Å². The van der Waals surface area contributed by atoms with Crippen LogP contribution < -0.4 is 15.5 Å². The zero-order chi connectivity index (χ0) is 28.8. The summed E-state index contributed by atoms with van der Waals surface area (Å²) in [5.41, 5.74) is 5.29. The molecule has 5 rings (SSSR count). The van der Waals surface area contributed by atoms with Crippen molar-refractivity contribution in [3.05, 3.63) is 95.1 Å². The molecule has 0 saturated carbocycles. The van der Waals surface area contributed by atoms with Crippen LogP contribution in [0.15, 0.2) is 72.8 Å². The van der Waals surface area contributed by atoms with E-state index in [9.17, 15) is 9.59 Å². The van der Waals surface area contributed by atoms with Crippen molar-refractivity contribution in [3.63, 3.8) is 0 Å². The van der Waals surface area contributed by atoms with Gasteiger partial charge in [-0.25, -0.2) is 0 Å². The van der Waals surface area contributed by atoms with Crippen molar-refractivity contribution in [1.82, 2.24) is 5.32 Å². The van der Waals surface area contributed by atoms with Gasteiger partial charge in [-0.15, -0.1) is 0 Å². The maximum atomic E-state index is 13.5. The van der Waals surface area contributed by atoms with Crippen molar-refractivity contribution in [1.29, 1.82) is 0 Å².